The summed E-state index contributed by atoms with van der Waals surface area (Å²) in [5.74, 6) is 1.69. The van der Waals surface area contributed by atoms with Crippen molar-refractivity contribution in [2.45, 2.75) is 19.9 Å². The first kappa shape index (κ1) is 12.4. The van der Waals surface area contributed by atoms with Crippen LogP contribution in [0.25, 0.3) is 0 Å². The molecule has 1 unspecified atom stereocenters. The lowest BCUT2D eigenvalue weighted by molar-refractivity contribution is 0.0715. The first-order chi connectivity index (χ1) is 8.09. The fourth-order valence-corrected chi connectivity index (χ4v) is 3.06. The second-order valence-electron chi connectivity index (χ2n) is 4.38. The van der Waals surface area contributed by atoms with Crippen molar-refractivity contribution in [1.29, 1.82) is 0 Å². The Bertz CT molecular complexity index is 435. The molecule has 1 aliphatic heterocycles. The summed E-state index contributed by atoms with van der Waals surface area (Å²) in [5, 5.41) is 0. The summed E-state index contributed by atoms with van der Waals surface area (Å²) in [6.07, 6.45) is 0. The molecule has 0 N–H and O–H groups in total. The number of carbonyl (C=O) groups is 1. The molecule has 1 aliphatic rings. The van der Waals surface area contributed by atoms with Gasteiger partial charge in [0.25, 0.3) is 5.91 Å². The smallest absolute Gasteiger partial charge is 0.254 e. The van der Waals surface area contributed by atoms with Gasteiger partial charge in [-0.3, -0.25) is 4.79 Å². The molecular formula is C13H16FNOS. The lowest BCUT2D eigenvalue weighted by Crippen LogP contribution is -2.44. The third-order valence-electron chi connectivity index (χ3n) is 3.05. The molecular weight excluding hydrogens is 237 g/mol. The van der Waals surface area contributed by atoms with Crippen molar-refractivity contribution in [1.82, 2.24) is 4.90 Å². The molecule has 17 heavy (non-hydrogen) atoms. The molecule has 1 atom stereocenters. The zero-order valence-electron chi connectivity index (χ0n) is 10.1. The van der Waals surface area contributed by atoms with Crippen molar-refractivity contribution in [3.8, 4) is 0 Å². The van der Waals surface area contributed by atoms with Crippen LogP contribution in [0.15, 0.2) is 18.2 Å². The number of hydrogen-bond donors (Lipinski definition) is 0. The minimum Gasteiger partial charge on any atom is -0.334 e. The third kappa shape index (κ3) is 2.63. The topological polar surface area (TPSA) is 20.3 Å². The van der Waals surface area contributed by atoms with Crippen LogP contribution in [0.4, 0.5) is 4.39 Å². The van der Waals surface area contributed by atoms with Crippen LogP contribution >= 0.6 is 11.8 Å². The van der Waals surface area contributed by atoms with E-state index in [9.17, 15) is 9.18 Å². The molecule has 0 aromatic heterocycles. The summed E-state index contributed by atoms with van der Waals surface area (Å²) < 4.78 is 13.0. The average Bonchev–Trinajstić information content (AvgIpc) is 2.29. The van der Waals surface area contributed by atoms with Gasteiger partial charge >= 0.3 is 0 Å². The van der Waals surface area contributed by atoms with Crippen molar-refractivity contribution in [3.05, 3.63) is 35.1 Å². The number of nitrogens with zero attached hydrogens (tertiary/aromatic N) is 1. The van der Waals surface area contributed by atoms with Gasteiger partial charge in [0, 0.05) is 29.7 Å². The van der Waals surface area contributed by atoms with Gasteiger partial charge in [0.15, 0.2) is 0 Å². The summed E-state index contributed by atoms with van der Waals surface area (Å²) >= 11 is 1.87. The van der Waals surface area contributed by atoms with E-state index in [1.54, 1.807) is 13.0 Å². The van der Waals surface area contributed by atoms with Crippen molar-refractivity contribution in [2.24, 2.45) is 0 Å². The SMILES string of the molecule is Cc1cc(F)ccc1C(=O)N1CCSCC1C. The molecule has 0 bridgehead atoms. The van der Waals surface area contributed by atoms with Gasteiger partial charge in [-0.1, -0.05) is 0 Å². The molecule has 2 rings (SSSR count). The van der Waals surface area contributed by atoms with E-state index in [-0.39, 0.29) is 17.8 Å². The quantitative estimate of drug-likeness (QED) is 0.767. The van der Waals surface area contributed by atoms with Crippen LogP contribution < -0.4 is 0 Å². The Kier molecular flexibility index (Phi) is 3.72. The summed E-state index contributed by atoms with van der Waals surface area (Å²) in [6, 6.07) is 4.60. The second-order valence-corrected chi connectivity index (χ2v) is 5.53. The summed E-state index contributed by atoms with van der Waals surface area (Å²) in [7, 11) is 0. The van der Waals surface area contributed by atoms with E-state index in [0.717, 1.165) is 18.1 Å². The third-order valence-corrected chi connectivity index (χ3v) is 4.24. The van der Waals surface area contributed by atoms with Gasteiger partial charge in [0.1, 0.15) is 5.82 Å². The normalized spacial score (nSPS) is 20.4. The van der Waals surface area contributed by atoms with Crippen LogP contribution in [0.5, 0.6) is 0 Å². The lowest BCUT2D eigenvalue weighted by atomic mass is 10.1. The van der Waals surface area contributed by atoms with E-state index in [2.05, 4.69) is 6.92 Å². The number of aryl methyl sites for hydroxylation is 1. The summed E-state index contributed by atoms with van der Waals surface area (Å²) in [4.78, 5) is 14.2. The molecule has 1 aromatic carbocycles. The molecule has 4 heteroatoms. The Labute approximate surface area is 105 Å². The number of thioether (sulfide) groups is 1. The molecule has 1 heterocycles. The molecule has 2 nitrogen and oxygen atoms in total. The predicted molar refractivity (Wildman–Crippen MR) is 69.0 cm³/mol. The predicted octanol–water partition coefficient (Wildman–Crippen LogP) is 2.71. The van der Waals surface area contributed by atoms with Gasteiger partial charge < -0.3 is 4.90 Å². The molecule has 1 amide bonds. The number of benzene rings is 1. The lowest BCUT2D eigenvalue weighted by Gasteiger charge is -2.33. The second kappa shape index (κ2) is 5.08. The Morgan fingerprint density at radius 3 is 2.94 bits per heavy atom. The number of hydrogen-bond acceptors (Lipinski definition) is 2. The van der Waals surface area contributed by atoms with E-state index >= 15 is 0 Å². The van der Waals surface area contributed by atoms with E-state index in [4.69, 9.17) is 0 Å². The van der Waals surface area contributed by atoms with E-state index in [0.29, 0.717) is 11.1 Å². The Morgan fingerprint density at radius 2 is 2.29 bits per heavy atom. The molecule has 0 aliphatic carbocycles. The van der Waals surface area contributed by atoms with Gasteiger partial charge in [-0.25, -0.2) is 4.39 Å². The maximum atomic E-state index is 13.0. The molecule has 1 fully saturated rings. The maximum absolute atomic E-state index is 13.0. The highest BCUT2D eigenvalue weighted by Gasteiger charge is 2.25. The average molecular weight is 253 g/mol. The minimum atomic E-state index is -0.290. The standard InChI is InChI=1S/C13H16FNOS/c1-9-7-11(14)3-4-12(9)13(16)15-5-6-17-8-10(15)2/h3-4,7,10H,5-6,8H2,1-2H3. The molecule has 92 valence electrons. The van der Waals surface area contributed by atoms with E-state index < -0.39 is 0 Å². The minimum absolute atomic E-state index is 0.0234. The van der Waals surface area contributed by atoms with Crippen LogP contribution in [-0.4, -0.2) is 34.9 Å². The fourth-order valence-electron chi connectivity index (χ4n) is 2.05. The fraction of sp³-hybridized carbons (Fsp3) is 0.462. The van der Waals surface area contributed by atoms with Gasteiger partial charge in [-0.05, 0) is 37.6 Å². The van der Waals surface area contributed by atoms with E-state index in [1.165, 1.54) is 12.1 Å². The molecule has 0 spiro atoms. The van der Waals surface area contributed by atoms with E-state index in [1.807, 2.05) is 16.7 Å². The van der Waals surface area contributed by atoms with Crippen molar-refractivity contribution >= 4 is 17.7 Å². The van der Waals surface area contributed by atoms with Crippen molar-refractivity contribution in [2.75, 3.05) is 18.1 Å². The molecule has 0 radical (unpaired) electrons. The number of amides is 1. The van der Waals surface area contributed by atoms with Gasteiger partial charge in [0.05, 0.1) is 0 Å². The number of halogens is 1. The van der Waals surface area contributed by atoms with Crippen LogP contribution in [0.2, 0.25) is 0 Å². The van der Waals surface area contributed by atoms with Gasteiger partial charge in [-0.15, -0.1) is 0 Å². The van der Waals surface area contributed by atoms with Crippen LogP contribution in [0.1, 0.15) is 22.8 Å². The van der Waals surface area contributed by atoms with Crippen LogP contribution in [-0.2, 0) is 0 Å². The van der Waals surface area contributed by atoms with Crippen LogP contribution in [0.3, 0.4) is 0 Å². The largest absolute Gasteiger partial charge is 0.334 e. The maximum Gasteiger partial charge on any atom is 0.254 e. The zero-order chi connectivity index (χ0) is 12.4. The summed E-state index contributed by atoms with van der Waals surface area (Å²) in [5.41, 5.74) is 1.32. The Balaban J connectivity index is 2.24. The first-order valence-electron chi connectivity index (χ1n) is 5.74. The number of rotatable bonds is 1. The Morgan fingerprint density at radius 1 is 1.53 bits per heavy atom. The molecule has 1 saturated heterocycles. The molecule has 1 aromatic rings. The summed E-state index contributed by atoms with van der Waals surface area (Å²) in [6.45, 7) is 4.62. The Hall–Kier alpha value is -1.03. The highest BCUT2D eigenvalue weighted by atomic mass is 32.2. The highest BCUT2D eigenvalue weighted by molar-refractivity contribution is 7.99. The zero-order valence-corrected chi connectivity index (χ0v) is 10.9. The van der Waals surface area contributed by atoms with Crippen molar-refractivity contribution < 1.29 is 9.18 Å². The number of carbonyl (C=O) groups excluding carboxylic acids is 1. The van der Waals surface area contributed by atoms with Gasteiger partial charge in [-0.2, -0.15) is 11.8 Å². The van der Waals surface area contributed by atoms with Crippen LogP contribution in [0, 0.1) is 12.7 Å². The van der Waals surface area contributed by atoms with Gasteiger partial charge in [0.2, 0.25) is 0 Å². The monoisotopic (exact) mass is 253 g/mol. The van der Waals surface area contributed by atoms with Crippen molar-refractivity contribution in [3.63, 3.8) is 0 Å². The highest BCUT2D eigenvalue weighted by Crippen LogP contribution is 2.20. The first-order valence-corrected chi connectivity index (χ1v) is 6.90. The molecule has 0 saturated carbocycles.